The molecule has 7 heteroatoms. The number of ether oxygens (including phenoxy) is 2. The monoisotopic (exact) mass is 472 g/mol. The van der Waals surface area contributed by atoms with E-state index in [1.54, 1.807) is 0 Å². The molecule has 0 bridgehead atoms. The molecule has 0 saturated carbocycles. The van der Waals surface area contributed by atoms with E-state index in [9.17, 15) is 4.79 Å². The first-order chi connectivity index (χ1) is 17.2. The van der Waals surface area contributed by atoms with Gasteiger partial charge in [-0.05, 0) is 61.7 Å². The minimum atomic E-state index is -0.485. The van der Waals surface area contributed by atoms with Crippen LogP contribution in [0.5, 0.6) is 5.75 Å². The molecule has 2 aromatic carbocycles. The number of anilines is 1. The maximum Gasteiger partial charge on any atom is 0.233 e. The summed E-state index contributed by atoms with van der Waals surface area (Å²) in [5, 5.41) is 8.93. The fourth-order valence-electron chi connectivity index (χ4n) is 5.08. The number of carbonyl (C=O) groups excluding carboxylic acids is 1. The number of carbonyl (C=O) groups is 1. The number of amides is 1. The van der Waals surface area contributed by atoms with E-state index in [1.165, 1.54) is 0 Å². The molecule has 3 heterocycles. The Hall–Kier alpha value is -3.45. The second-order valence-electron chi connectivity index (χ2n) is 9.07. The summed E-state index contributed by atoms with van der Waals surface area (Å²) in [5.41, 5.74) is 2.45. The molecule has 0 atom stereocenters. The van der Waals surface area contributed by atoms with Crippen LogP contribution in [0.25, 0.3) is 11.3 Å². The molecular formula is C28H32N4O3. The standard InChI is InChI=1S/C28H32N4O3/c1-2-35-24-10-8-22(9-11-24)25-12-13-26(30-29-25)31-16-18-32(19-17-31)27(33)28(14-20-34-21-15-28)23-6-4-3-5-7-23/h3-13H,2,14-21H2,1H3. The highest BCUT2D eigenvalue weighted by molar-refractivity contribution is 5.88. The largest absolute Gasteiger partial charge is 0.494 e. The van der Waals surface area contributed by atoms with Gasteiger partial charge in [-0.15, -0.1) is 10.2 Å². The first kappa shape index (κ1) is 23.3. The third kappa shape index (κ3) is 4.86. The van der Waals surface area contributed by atoms with Gasteiger partial charge in [-0.3, -0.25) is 4.79 Å². The SMILES string of the molecule is CCOc1ccc(-c2ccc(N3CCN(C(=O)C4(c5ccccc5)CCOCC4)CC3)nn2)cc1. The topological polar surface area (TPSA) is 67.8 Å². The van der Waals surface area contributed by atoms with Crippen LogP contribution in [-0.4, -0.2) is 67.0 Å². The zero-order valence-electron chi connectivity index (χ0n) is 20.2. The van der Waals surface area contributed by atoms with Gasteiger partial charge < -0.3 is 19.3 Å². The highest BCUT2D eigenvalue weighted by Gasteiger charge is 2.44. The maximum atomic E-state index is 13.8. The molecule has 7 nitrogen and oxygen atoms in total. The van der Waals surface area contributed by atoms with E-state index in [-0.39, 0.29) is 5.91 Å². The Morgan fingerprint density at radius 1 is 0.914 bits per heavy atom. The van der Waals surface area contributed by atoms with Gasteiger partial charge in [0.1, 0.15) is 5.75 Å². The van der Waals surface area contributed by atoms with Gasteiger partial charge in [0.2, 0.25) is 5.91 Å². The average Bonchev–Trinajstić information content (AvgIpc) is 2.94. The van der Waals surface area contributed by atoms with Crippen LogP contribution in [0.2, 0.25) is 0 Å². The summed E-state index contributed by atoms with van der Waals surface area (Å²) in [6.07, 6.45) is 1.46. The predicted octanol–water partition coefficient (Wildman–Crippen LogP) is 3.94. The predicted molar refractivity (Wildman–Crippen MR) is 136 cm³/mol. The number of aromatic nitrogens is 2. The van der Waals surface area contributed by atoms with E-state index in [0.717, 1.165) is 54.3 Å². The van der Waals surface area contributed by atoms with Crippen molar-refractivity contribution in [3.8, 4) is 17.0 Å². The normalized spacial score (nSPS) is 17.7. The first-order valence-electron chi connectivity index (χ1n) is 12.4. The summed E-state index contributed by atoms with van der Waals surface area (Å²) in [5.74, 6) is 1.92. The zero-order chi connectivity index (χ0) is 24.1. The molecule has 0 radical (unpaired) electrons. The third-order valence-electron chi connectivity index (χ3n) is 7.08. The molecule has 3 aromatic rings. The molecule has 182 valence electrons. The Morgan fingerprint density at radius 2 is 1.63 bits per heavy atom. The van der Waals surface area contributed by atoms with Gasteiger partial charge in [0.15, 0.2) is 5.82 Å². The van der Waals surface area contributed by atoms with Crippen molar-refractivity contribution in [2.24, 2.45) is 0 Å². The molecule has 0 aliphatic carbocycles. The van der Waals surface area contributed by atoms with Gasteiger partial charge in [-0.25, -0.2) is 0 Å². The average molecular weight is 473 g/mol. The lowest BCUT2D eigenvalue weighted by Crippen LogP contribution is -2.56. The van der Waals surface area contributed by atoms with Crippen molar-refractivity contribution in [1.82, 2.24) is 15.1 Å². The number of benzene rings is 2. The van der Waals surface area contributed by atoms with Crippen molar-refractivity contribution >= 4 is 11.7 Å². The summed E-state index contributed by atoms with van der Waals surface area (Å²) < 4.78 is 11.1. The molecule has 1 aromatic heterocycles. The van der Waals surface area contributed by atoms with Gasteiger partial charge in [-0.1, -0.05) is 30.3 Å². The summed E-state index contributed by atoms with van der Waals surface area (Å²) >= 11 is 0. The highest BCUT2D eigenvalue weighted by atomic mass is 16.5. The van der Waals surface area contributed by atoms with E-state index in [2.05, 4.69) is 27.2 Å². The third-order valence-corrected chi connectivity index (χ3v) is 7.08. The molecular weight excluding hydrogens is 440 g/mol. The van der Waals surface area contributed by atoms with Crippen molar-refractivity contribution in [2.45, 2.75) is 25.2 Å². The minimum absolute atomic E-state index is 0.226. The summed E-state index contributed by atoms with van der Waals surface area (Å²) in [7, 11) is 0. The molecule has 5 rings (SSSR count). The highest BCUT2D eigenvalue weighted by Crippen LogP contribution is 2.37. The lowest BCUT2D eigenvalue weighted by atomic mass is 9.73. The smallest absolute Gasteiger partial charge is 0.233 e. The summed E-state index contributed by atoms with van der Waals surface area (Å²) in [6, 6.07) is 22.1. The number of hydrogen-bond donors (Lipinski definition) is 0. The van der Waals surface area contributed by atoms with Gasteiger partial charge in [0, 0.05) is 45.0 Å². The molecule has 2 saturated heterocycles. The number of hydrogen-bond acceptors (Lipinski definition) is 6. The van der Waals surface area contributed by atoms with Crippen LogP contribution >= 0.6 is 0 Å². The van der Waals surface area contributed by atoms with Gasteiger partial charge in [-0.2, -0.15) is 0 Å². The molecule has 2 aliphatic heterocycles. The molecule has 2 aliphatic rings. The fourth-order valence-corrected chi connectivity index (χ4v) is 5.08. The van der Waals surface area contributed by atoms with Gasteiger partial charge in [0.05, 0.1) is 17.7 Å². The summed E-state index contributed by atoms with van der Waals surface area (Å²) in [4.78, 5) is 18.0. The Balaban J connectivity index is 1.24. The Bertz CT molecular complexity index is 1110. The molecule has 2 fully saturated rings. The van der Waals surface area contributed by atoms with Crippen LogP contribution in [0.1, 0.15) is 25.3 Å². The van der Waals surface area contributed by atoms with Crippen LogP contribution in [0.4, 0.5) is 5.82 Å². The second kappa shape index (κ2) is 10.4. The fraction of sp³-hybridized carbons (Fsp3) is 0.393. The van der Waals surface area contributed by atoms with Crippen molar-refractivity contribution < 1.29 is 14.3 Å². The van der Waals surface area contributed by atoms with E-state index in [4.69, 9.17) is 9.47 Å². The van der Waals surface area contributed by atoms with E-state index < -0.39 is 5.41 Å². The number of piperazine rings is 1. The van der Waals surface area contributed by atoms with Crippen molar-refractivity contribution in [2.75, 3.05) is 50.9 Å². The van der Waals surface area contributed by atoms with E-state index in [0.29, 0.717) is 32.9 Å². The number of nitrogens with zero attached hydrogens (tertiary/aromatic N) is 4. The quantitative estimate of drug-likeness (QED) is 0.541. The minimum Gasteiger partial charge on any atom is -0.494 e. The summed E-state index contributed by atoms with van der Waals surface area (Å²) in [6.45, 7) is 6.70. The van der Waals surface area contributed by atoms with E-state index in [1.807, 2.05) is 66.4 Å². The Kier molecular flexibility index (Phi) is 6.95. The van der Waals surface area contributed by atoms with Crippen molar-refractivity contribution in [3.05, 3.63) is 72.3 Å². The molecule has 35 heavy (non-hydrogen) atoms. The van der Waals surface area contributed by atoms with Crippen LogP contribution in [0.15, 0.2) is 66.7 Å². The molecule has 0 N–H and O–H groups in total. The maximum absolute atomic E-state index is 13.8. The lowest BCUT2D eigenvalue weighted by molar-refractivity contribution is -0.141. The van der Waals surface area contributed by atoms with E-state index >= 15 is 0 Å². The Morgan fingerprint density at radius 3 is 2.26 bits per heavy atom. The van der Waals surface area contributed by atoms with Crippen molar-refractivity contribution in [3.63, 3.8) is 0 Å². The van der Waals surface area contributed by atoms with Gasteiger partial charge >= 0.3 is 0 Å². The lowest BCUT2D eigenvalue weighted by Gasteiger charge is -2.43. The zero-order valence-corrected chi connectivity index (χ0v) is 20.2. The molecule has 1 amide bonds. The number of rotatable bonds is 6. The molecule has 0 spiro atoms. The Labute approximate surface area is 206 Å². The van der Waals surface area contributed by atoms with Crippen molar-refractivity contribution in [1.29, 1.82) is 0 Å². The first-order valence-corrected chi connectivity index (χ1v) is 12.4. The van der Waals surface area contributed by atoms with Crippen LogP contribution in [0, 0.1) is 0 Å². The van der Waals surface area contributed by atoms with Crippen LogP contribution in [-0.2, 0) is 14.9 Å². The van der Waals surface area contributed by atoms with Crippen LogP contribution in [0.3, 0.4) is 0 Å². The molecule has 0 unspecified atom stereocenters. The van der Waals surface area contributed by atoms with Crippen LogP contribution < -0.4 is 9.64 Å². The van der Waals surface area contributed by atoms with Gasteiger partial charge in [0.25, 0.3) is 0 Å². The second-order valence-corrected chi connectivity index (χ2v) is 9.07.